The minimum atomic E-state index is -2.02. The van der Waals surface area contributed by atoms with Gasteiger partial charge >= 0.3 is 8.72 Å². The molecular weight excluding hydrogens is 300 g/mol. The van der Waals surface area contributed by atoms with Gasteiger partial charge in [0.2, 0.25) is 0 Å². The lowest BCUT2D eigenvalue weighted by atomic mass is 9.91. The molecule has 0 atom stereocenters. The fraction of sp³-hybridized carbons (Fsp3) is 1.00. The van der Waals surface area contributed by atoms with Crippen LogP contribution in [-0.4, -0.2) is 45.0 Å². The molecule has 0 aliphatic heterocycles. The van der Waals surface area contributed by atoms with Crippen molar-refractivity contribution >= 4 is 8.72 Å². The Bertz CT molecular complexity index is 279. The van der Waals surface area contributed by atoms with Crippen LogP contribution < -0.4 is 14.9 Å². The van der Waals surface area contributed by atoms with Crippen LogP contribution in [0, 0.1) is 0 Å². The summed E-state index contributed by atoms with van der Waals surface area (Å²) in [4.78, 5) is 11.8. The highest BCUT2D eigenvalue weighted by atomic mass is 28.4. The molecule has 136 valence electrons. The molecule has 4 nitrogen and oxygen atoms in total. The third-order valence-corrected chi connectivity index (χ3v) is 9.72. The molecule has 3 N–H and O–H groups in total. The zero-order valence-electron chi connectivity index (χ0n) is 15.8. The van der Waals surface area contributed by atoms with Gasteiger partial charge < -0.3 is 14.9 Å². The molecule has 0 spiro atoms. The predicted octanol–water partition coefficient (Wildman–Crippen LogP) is 3.22. The van der Waals surface area contributed by atoms with Crippen LogP contribution in [0.4, 0.5) is 0 Å². The van der Waals surface area contributed by atoms with Gasteiger partial charge in [0.15, 0.2) is 0 Å². The van der Waals surface area contributed by atoms with E-state index in [0.29, 0.717) is 0 Å². The lowest BCUT2D eigenvalue weighted by Crippen LogP contribution is -2.84. The second-order valence-electron chi connectivity index (χ2n) is 7.29. The average molecular weight is 341 g/mol. The van der Waals surface area contributed by atoms with E-state index in [2.05, 4.69) is 40.3 Å². The highest BCUT2D eigenvalue weighted by molar-refractivity contribution is 6.70. The maximum atomic E-state index is 3.94. The van der Waals surface area contributed by atoms with Gasteiger partial charge in [0.1, 0.15) is 0 Å². The summed E-state index contributed by atoms with van der Waals surface area (Å²) in [5.41, 5.74) is 0. The van der Waals surface area contributed by atoms with E-state index in [4.69, 9.17) is 0 Å². The molecular formula is C18H40N4Si. The molecule has 0 aromatic rings. The first-order valence-corrected chi connectivity index (χ1v) is 12.3. The molecule has 2 aliphatic rings. The van der Waals surface area contributed by atoms with E-state index in [9.17, 15) is 0 Å². The Balaban J connectivity index is 2.28. The van der Waals surface area contributed by atoms with E-state index in [1.165, 1.54) is 64.2 Å². The maximum absolute atomic E-state index is 3.94. The smallest absolute Gasteiger partial charge is 0.301 e. The van der Waals surface area contributed by atoms with Gasteiger partial charge in [-0.1, -0.05) is 59.3 Å². The fourth-order valence-corrected chi connectivity index (χ4v) is 8.86. The van der Waals surface area contributed by atoms with E-state index >= 15 is 0 Å². The van der Waals surface area contributed by atoms with Gasteiger partial charge in [-0.15, -0.1) is 0 Å². The summed E-state index contributed by atoms with van der Waals surface area (Å²) in [5.74, 6) is 0. The van der Waals surface area contributed by atoms with Crippen LogP contribution in [0.3, 0.4) is 0 Å². The SMILES string of the molecule is CCN[Si](NCC)(NCC)N(C1CCCCC1)C1CCCCC1. The first-order valence-electron chi connectivity index (χ1n) is 10.3. The maximum Gasteiger partial charge on any atom is 0.369 e. The highest BCUT2D eigenvalue weighted by Crippen LogP contribution is 2.32. The predicted molar refractivity (Wildman–Crippen MR) is 102 cm³/mol. The quantitative estimate of drug-likeness (QED) is 0.564. The van der Waals surface area contributed by atoms with Crippen LogP contribution in [0.15, 0.2) is 0 Å². The Morgan fingerprint density at radius 1 is 0.652 bits per heavy atom. The minimum absolute atomic E-state index is 0.774. The molecule has 23 heavy (non-hydrogen) atoms. The molecule has 0 unspecified atom stereocenters. The Kier molecular flexibility index (Phi) is 8.54. The fourth-order valence-electron chi connectivity index (χ4n) is 4.79. The van der Waals surface area contributed by atoms with Gasteiger partial charge in [0.05, 0.1) is 0 Å². The van der Waals surface area contributed by atoms with Crippen LogP contribution in [0.2, 0.25) is 0 Å². The van der Waals surface area contributed by atoms with Gasteiger partial charge in [-0.05, 0) is 45.3 Å². The topological polar surface area (TPSA) is 39.3 Å². The Hall–Kier alpha value is 0.0569. The van der Waals surface area contributed by atoms with E-state index in [0.717, 1.165) is 31.7 Å². The summed E-state index contributed by atoms with van der Waals surface area (Å²) in [6.07, 6.45) is 14.1. The molecule has 0 heterocycles. The van der Waals surface area contributed by atoms with Gasteiger partial charge in [-0.2, -0.15) is 0 Å². The molecule has 0 aromatic carbocycles. The van der Waals surface area contributed by atoms with Crippen molar-refractivity contribution in [2.75, 3.05) is 19.6 Å². The van der Waals surface area contributed by atoms with Gasteiger partial charge in [0.25, 0.3) is 0 Å². The lowest BCUT2D eigenvalue weighted by molar-refractivity contribution is 0.147. The highest BCUT2D eigenvalue weighted by Gasteiger charge is 2.47. The van der Waals surface area contributed by atoms with Gasteiger partial charge in [0, 0.05) is 12.1 Å². The van der Waals surface area contributed by atoms with Crippen molar-refractivity contribution < 1.29 is 0 Å². The standard InChI is InChI=1S/C18H40N4Si/c1-4-19-23(20-5-2,21-6-3)22(17-13-9-7-10-14-17)18-15-11-8-12-16-18/h17-21H,4-16H2,1-3H3. The summed E-state index contributed by atoms with van der Waals surface area (Å²) in [6.45, 7) is 9.91. The number of hydrogen-bond acceptors (Lipinski definition) is 4. The second kappa shape index (κ2) is 10.1. The number of rotatable bonds is 9. The normalized spacial score (nSPS) is 21.9. The zero-order valence-corrected chi connectivity index (χ0v) is 16.8. The molecule has 2 fully saturated rings. The summed E-state index contributed by atoms with van der Waals surface area (Å²) >= 11 is 0. The van der Waals surface area contributed by atoms with Crippen molar-refractivity contribution in [2.45, 2.75) is 97.1 Å². The van der Waals surface area contributed by atoms with Crippen molar-refractivity contribution in [2.24, 2.45) is 0 Å². The number of hydrogen-bond donors (Lipinski definition) is 3. The van der Waals surface area contributed by atoms with E-state index in [1.54, 1.807) is 0 Å². The molecule has 2 saturated carbocycles. The van der Waals surface area contributed by atoms with Crippen molar-refractivity contribution in [3.63, 3.8) is 0 Å². The van der Waals surface area contributed by atoms with Crippen LogP contribution in [0.1, 0.15) is 85.0 Å². The second-order valence-corrected chi connectivity index (χ2v) is 10.3. The summed E-state index contributed by atoms with van der Waals surface area (Å²) in [7, 11) is -2.02. The van der Waals surface area contributed by atoms with E-state index in [1.807, 2.05) is 0 Å². The van der Waals surface area contributed by atoms with Gasteiger partial charge in [-0.25, -0.2) is 0 Å². The summed E-state index contributed by atoms with van der Waals surface area (Å²) in [6, 6.07) is 1.55. The molecule has 2 rings (SSSR count). The monoisotopic (exact) mass is 340 g/mol. The van der Waals surface area contributed by atoms with Crippen molar-refractivity contribution in [3.8, 4) is 0 Å². The zero-order chi connectivity index (χ0) is 16.5. The Morgan fingerprint density at radius 2 is 1.00 bits per heavy atom. The summed E-state index contributed by atoms with van der Waals surface area (Å²) < 4.78 is 2.97. The van der Waals surface area contributed by atoms with Gasteiger partial charge in [-0.3, -0.25) is 4.57 Å². The number of nitrogens with zero attached hydrogens (tertiary/aromatic N) is 1. The van der Waals surface area contributed by atoms with Crippen LogP contribution in [-0.2, 0) is 0 Å². The van der Waals surface area contributed by atoms with Crippen molar-refractivity contribution in [3.05, 3.63) is 0 Å². The third-order valence-electron chi connectivity index (χ3n) is 5.62. The summed E-state index contributed by atoms with van der Waals surface area (Å²) in [5, 5.41) is 0. The lowest BCUT2D eigenvalue weighted by Gasteiger charge is -2.52. The Labute approximate surface area is 145 Å². The van der Waals surface area contributed by atoms with E-state index < -0.39 is 8.72 Å². The third kappa shape index (κ3) is 5.02. The Morgan fingerprint density at radius 3 is 1.30 bits per heavy atom. The first kappa shape index (κ1) is 19.4. The average Bonchev–Trinajstić information content (AvgIpc) is 2.58. The minimum Gasteiger partial charge on any atom is -0.301 e. The molecule has 0 bridgehead atoms. The van der Waals surface area contributed by atoms with Crippen molar-refractivity contribution in [1.29, 1.82) is 0 Å². The molecule has 2 aliphatic carbocycles. The van der Waals surface area contributed by atoms with Crippen LogP contribution in [0.25, 0.3) is 0 Å². The molecule has 0 radical (unpaired) electrons. The van der Waals surface area contributed by atoms with Crippen LogP contribution in [0.5, 0.6) is 0 Å². The molecule has 5 heteroatoms. The first-order chi connectivity index (χ1) is 11.3. The van der Waals surface area contributed by atoms with Crippen molar-refractivity contribution in [1.82, 2.24) is 19.5 Å². The van der Waals surface area contributed by atoms with Crippen LogP contribution >= 0.6 is 0 Å². The number of nitrogens with one attached hydrogen (secondary N) is 3. The molecule has 0 saturated heterocycles. The molecule has 0 amide bonds. The largest absolute Gasteiger partial charge is 0.369 e. The van der Waals surface area contributed by atoms with E-state index in [-0.39, 0.29) is 0 Å². The molecule has 0 aromatic heterocycles.